The summed E-state index contributed by atoms with van der Waals surface area (Å²) in [6, 6.07) is 0. The lowest BCUT2D eigenvalue weighted by Crippen LogP contribution is -2.24. The van der Waals surface area contributed by atoms with Crippen molar-refractivity contribution < 1.29 is 24.2 Å². The molecule has 0 radical (unpaired) electrons. The predicted octanol–water partition coefficient (Wildman–Crippen LogP) is 4.23. The van der Waals surface area contributed by atoms with Crippen LogP contribution in [0.15, 0.2) is 4.99 Å². The summed E-state index contributed by atoms with van der Waals surface area (Å²) in [6.07, 6.45) is 10.7. The van der Waals surface area contributed by atoms with E-state index in [1.165, 1.54) is 19.3 Å². The summed E-state index contributed by atoms with van der Waals surface area (Å²) in [5.74, 6) is -0.108. The van der Waals surface area contributed by atoms with Gasteiger partial charge in [0.15, 0.2) is 0 Å². The van der Waals surface area contributed by atoms with Gasteiger partial charge in [0.05, 0.1) is 19.3 Å². The highest BCUT2D eigenvalue weighted by Gasteiger charge is 2.21. The van der Waals surface area contributed by atoms with Crippen molar-refractivity contribution in [3.05, 3.63) is 0 Å². The Morgan fingerprint density at radius 1 is 0.964 bits per heavy atom. The number of hydrogen-bond donors (Lipinski definition) is 1. The summed E-state index contributed by atoms with van der Waals surface area (Å²) in [6.45, 7) is 4.82. The highest BCUT2D eigenvalue weighted by atomic mass is 16.5. The molecular weight excluding hydrogens is 358 g/mol. The molecule has 28 heavy (non-hydrogen) atoms. The van der Waals surface area contributed by atoms with Crippen LogP contribution >= 0.6 is 0 Å². The molecule has 0 aromatic carbocycles. The van der Waals surface area contributed by atoms with E-state index >= 15 is 0 Å². The first-order valence-corrected chi connectivity index (χ1v) is 11.1. The first-order valence-electron chi connectivity index (χ1n) is 11.1. The van der Waals surface area contributed by atoms with Crippen molar-refractivity contribution in [3.8, 4) is 0 Å². The van der Waals surface area contributed by atoms with E-state index in [0.29, 0.717) is 50.7 Å². The van der Waals surface area contributed by atoms with Gasteiger partial charge >= 0.3 is 11.9 Å². The van der Waals surface area contributed by atoms with E-state index in [0.717, 1.165) is 38.5 Å². The maximum atomic E-state index is 12.1. The molecule has 0 bridgehead atoms. The van der Waals surface area contributed by atoms with Crippen molar-refractivity contribution in [2.24, 2.45) is 10.9 Å². The zero-order valence-electron chi connectivity index (χ0n) is 17.8. The van der Waals surface area contributed by atoms with Gasteiger partial charge in [-0.3, -0.25) is 9.79 Å². The molecular formula is C22H39NO5. The lowest BCUT2D eigenvalue weighted by Gasteiger charge is -2.26. The van der Waals surface area contributed by atoms with Crippen LogP contribution in [0.5, 0.6) is 0 Å². The van der Waals surface area contributed by atoms with E-state index in [2.05, 4.69) is 4.99 Å². The molecule has 1 atom stereocenters. The lowest BCUT2D eigenvalue weighted by atomic mass is 9.84. The monoisotopic (exact) mass is 397 g/mol. The Hall–Kier alpha value is -1.43. The van der Waals surface area contributed by atoms with Gasteiger partial charge in [-0.2, -0.15) is 0 Å². The number of hydrogen-bond acceptors (Lipinski definition) is 6. The van der Waals surface area contributed by atoms with Crippen LogP contribution < -0.4 is 0 Å². The average molecular weight is 398 g/mol. The highest BCUT2D eigenvalue weighted by Crippen LogP contribution is 2.27. The molecule has 1 N–H and O–H groups in total. The van der Waals surface area contributed by atoms with Gasteiger partial charge in [0.2, 0.25) is 0 Å². The SMILES string of the molecule is CCOC(=O)CCCCCCC(=NCCC(O)C1CCCCC1)C(=O)OCC. The predicted molar refractivity (Wildman–Crippen MR) is 110 cm³/mol. The van der Waals surface area contributed by atoms with Crippen LogP contribution in [0, 0.1) is 5.92 Å². The number of carbonyl (C=O) groups is 2. The fourth-order valence-electron chi connectivity index (χ4n) is 3.69. The van der Waals surface area contributed by atoms with E-state index in [1.807, 2.05) is 6.92 Å². The van der Waals surface area contributed by atoms with Crippen molar-refractivity contribution in [2.45, 2.75) is 97.0 Å². The molecule has 1 aliphatic rings. The molecule has 1 unspecified atom stereocenters. The summed E-state index contributed by atoms with van der Waals surface area (Å²) in [5.41, 5.74) is 0.475. The van der Waals surface area contributed by atoms with Crippen LogP contribution in [-0.4, -0.2) is 48.6 Å². The van der Waals surface area contributed by atoms with E-state index in [4.69, 9.17) is 9.47 Å². The molecule has 162 valence electrons. The maximum absolute atomic E-state index is 12.1. The topological polar surface area (TPSA) is 85.2 Å². The van der Waals surface area contributed by atoms with Crippen LogP contribution in [-0.2, 0) is 19.1 Å². The van der Waals surface area contributed by atoms with Gasteiger partial charge in [-0.1, -0.05) is 32.1 Å². The van der Waals surface area contributed by atoms with Crippen molar-refractivity contribution in [2.75, 3.05) is 19.8 Å². The smallest absolute Gasteiger partial charge is 0.352 e. The molecule has 0 spiro atoms. The number of aliphatic hydroxyl groups excluding tert-OH is 1. The molecule has 6 nitrogen and oxygen atoms in total. The summed E-state index contributed by atoms with van der Waals surface area (Å²) in [4.78, 5) is 27.9. The summed E-state index contributed by atoms with van der Waals surface area (Å²) < 4.78 is 10.0. The summed E-state index contributed by atoms with van der Waals surface area (Å²) >= 11 is 0. The van der Waals surface area contributed by atoms with Crippen molar-refractivity contribution in [1.29, 1.82) is 0 Å². The zero-order chi connectivity index (χ0) is 20.6. The minimum atomic E-state index is -0.346. The number of esters is 2. The molecule has 0 aromatic heterocycles. The normalized spacial score (nSPS) is 16.6. The van der Waals surface area contributed by atoms with Gasteiger partial charge in [-0.15, -0.1) is 0 Å². The Morgan fingerprint density at radius 3 is 2.25 bits per heavy atom. The Bertz CT molecular complexity index is 472. The third-order valence-electron chi connectivity index (χ3n) is 5.28. The van der Waals surface area contributed by atoms with Gasteiger partial charge in [-0.25, -0.2) is 4.79 Å². The summed E-state index contributed by atoms with van der Waals surface area (Å²) in [7, 11) is 0. The number of unbranched alkanes of at least 4 members (excludes halogenated alkanes) is 3. The Balaban J connectivity index is 2.33. The minimum Gasteiger partial charge on any atom is -0.466 e. The molecule has 6 heteroatoms. The van der Waals surface area contributed by atoms with Gasteiger partial charge in [0, 0.05) is 13.0 Å². The Labute approximate surface area is 170 Å². The highest BCUT2D eigenvalue weighted by molar-refractivity contribution is 6.36. The third kappa shape index (κ3) is 10.8. The summed E-state index contributed by atoms with van der Waals surface area (Å²) in [5, 5.41) is 10.4. The Morgan fingerprint density at radius 2 is 1.61 bits per heavy atom. The average Bonchev–Trinajstić information content (AvgIpc) is 2.70. The van der Waals surface area contributed by atoms with Crippen LogP contribution in [0.4, 0.5) is 0 Å². The van der Waals surface area contributed by atoms with Gasteiger partial charge in [0.1, 0.15) is 5.71 Å². The molecule has 0 aromatic rings. The molecule has 1 saturated carbocycles. The van der Waals surface area contributed by atoms with Crippen LogP contribution in [0.25, 0.3) is 0 Å². The fraction of sp³-hybridized carbons (Fsp3) is 0.864. The molecule has 1 rings (SSSR count). The van der Waals surface area contributed by atoms with Crippen LogP contribution in [0.3, 0.4) is 0 Å². The third-order valence-corrected chi connectivity index (χ3v) is 5.28. The van der Waals surface area contributed by atoms with E-state index in [1.54, 1.807) is 6.92 Å². The van der Waals surface area contributed by atoms with Gasteiger partial charge in [0.25, 0.3) is 0 Å². The molecule has 0 heterocycles. The zero-order valence-corrected chi connectivity index (χ0v) is 17.8. The number of carbonyl (C=O) groups excluding carboxylic acids is 2. The van der Waals surface area contributed by atoms with Crippen LogP contribution in [0.2, 0.25) is 0 Å². The maximum Gasteiger partial charge on any atom is 0.352 e. The van der Waals surface area contributed by atoms with Crippen molar-refractivity contribution >= 4 is 17.7 Å². The largest absolute Gasteiger partial charge is 0.466 e. The number of aliphatic hydroxyl groups is 1. The molecule has 0 amide bonds. The Kier molecular flexibility index (Phi) is 13.6. The number of ether oxygens (including phenoxy) is 2. The van der Waals surface area contributed by atoms with E-state index in [-0.39, 0.29) is 18.0 Å². The molecule has 1 fully saturated rings. The van der Waals surface area contributed by atoms with Crippen molar-refractivity contribution in [3.63, 3.8) is 0 Å². The second kappa shape index (κ2) is 15.5. The van der Waals surface area contributed by atoms with Gasteiger partial charge < -0.3 is 14.6 Å². The second-order valence-corrected chi connectivity index (χ2v) is 7.52. The number of nitrogens with zero attached hydrogens (tertiary/aromatic N) is 1. The van der Waals surface area contributed by atoms with Gasteiger partial charge in [-0.05, 0) is 58.3 Å². The number of aliphatic imine (C=N–C) groups is 1. The molecule has 0 aliphatic heterocycles. The molecule has 1 aliphatic carbocycles. The molecule has 0 saturated heterocycles. The van der Waals surface area contributed by atoms with E-state index < -0.39 is 0 Å². The lowest BCUT2D eigenvalue weighted by molar-refractivity contribution is -0.143. The fourth-order valence-corrected chi connectivity index (χ4v) is 3.69. The van der Waals surface area contributed by atoms with Crippen molar-refractivity contribution in [1.82, 2.24) is 0 Å². The first kappa shape index (κ1) is 24.6. The van der Waals surface area contributed by atoms with E-state index in [9.17, 15) is 14.7 Å². The standard InChI is InChI=1S/C22H39NO5/c1-3-27-21(25)15-11-6-5-10-14-19(22(26)28-4-2)23-17-16-20(24)18-12-8-7-9-13-18/h18,20,24H,3-17H2,1-2H3. The first-order chi connectivity index (χ1) is 13.6. The second-order valence-electron chi connectivity index (χ2n) is 7.52. The number of rotatable bonds is 14. The van der Waals surface area contributed by atoms with Crippen LogP contribution in [0.1, 0.15) is 90.9 Å². The quantitative estimate of drug-likeness (QED) is 0.269. The minimum absolute atomic E-state index is 0.146.